The monoisotopic (exact) mass is 276 g/mol. The molecule has 106 valence electrons. The second kappa shape index (κ2) is 4.22. The zero-order chi connectivity index (χ0) is 14.4. The Kier molecular flexibility index (Phi) is 3.08. The lowest BCUT2D eigenvalue weighted by Crippen LogP contribution is -2.45. The van der Waals surface area contributed by atoms with E-state index in [-0.39, 0.29) is 19.5 Å². The van der Waals surface area contributed by atoms with E-state index < -0.39 is 17.6 Å². The van der Waals surface area contributed by atoms with Gasteiger partial charge in [0.15, 0.2) is 0 Å². The average Bonchev–Trinajstić information content (AvgIpc) is 2.83. The normalized spacial score (nSPS) is 24.0. The van der Waals surface area contributed by atoms with Crippen LogP contribution in [0.2, 0.25) is 0 Å². The van der Waals surface area contributed by atoms with Gasteiger partial charge in [0.25, 0.3) is 0 Å². The highest BCUT2D eigenvalue weighted by molar-refractivity contribution is 5.82. The fourth-order valence-electron chi connectivity index (χ4n) is 2.19. The summed E-state index contributed by atoms with van der Waals surface area (Å²) in [6.07, 6.45) is -2.90. The van der Waals surface area contributed by atoms with E-state index in [9.17, 15) is 18.0 Å². The first-order chi connectivity index (χ1) is 8.63. The number of likely N-dealkylation sites (tertiary alicyclic amines) is 1. The SMILES string of the molecule is Cc1nc(C2(N)CCN(C(=O)C(F)(F)F)C2)cn1C. The molecule has 8 heteroatoms. The van der Waals surface area contributed by atoms with Crippen molar-refractivity contribution in [1.82, 2.24) is 14.5 Å². The van der Waals surface area contributed by atoms with Crippen LogP contribution in [0.15, 0.2) is 6.20 Å². The molecule has 5 nitrogen and oxygen atoms in total. The van der Waals surface area contributed by atoms with Crippen LogP contribution in [0.25, 0.3) is 0 Å². The summed E-state index contributed by atoms with van der Waals surface area (Å²) in [7, 11) is 1.78. The molecule has 1 atom stereocenters. The lowest BCUT2D eigenvalue weighted by atomic mass is 9.96. The number of amides is 1. The zero-order valence-corrected chi connectivity index (χ0v) is 10.7. The molecule has 2 heterocycles. The molecule has 2 N–H and O–H groups in total. The van der Waals surface area contributed by atoms with Gasteiger partial charge in [0.05, 0.1) is 11.2 Å². The number of aromatic nitrogens is 2. The number of hydrogen-bond acceptors (Lipinski definition) is 3. The Hall–Kier alpha value is -1.57. The smallest absolute Gasteiger partial charge is 0.338 e. The van der Waals surface area contributed by atoms with E-state index in [1.807, 2.05) is 0 Å². The van der Waals surface area contributed by atoms with Crippen LogP contribution in [0.1, 0.15) is 17.9 Å². The fourth-order valence-corrected chi connectivity index (χ4v) is 2.19. The minimum Gasteiger partial charge on any atom is -0.338 e. The Morgan fingerprint density at radius 1 is 1.53 bits per heavy atom. The van der Waals surface area contributed by atoms with Crippen molar-refractivity contribution in [2.24, 2.45) is 12.8 Å². The second-order valence-electron chi connectivity index (χ2n) is 4.91. The highest BCUT2D eigenvalue weighted by Gasteiger charge is 2.48. The molecule has 0 bridgehead atoms. The summed E-state index contributed by atoms with van der Waals surface area (Å²) < 4.78 is 38.9. The van der Waals surface area contributed by atoms with Gasteiger partial charge in [0, 0.05) is 26.3 Å². The number of imidazole rings is 1. The van der Waals surface area contributed by atoms with E-state index in [1.54, 1.807) is 24.7 Å². The standard InChI is InChI=1S/C11H15F3N4O/c1-7-16-8(5-17(7)2)10(15)3-4-18(6-10)9(19)11(12,13)14/h5H,3-4,6,15H2,1-2H3. The number of rotatable bonds is 1. The third-order valence-corrected chi connectivity index (χ3v) is 3.45. The quantitative estimate of drug-likeness (QED) is 0.820. The maximum atomic E-state index is 12.4. The average molecular weight is 276 g/mol. The van der Waals surface area contributed by atoms with Crippen molar-refractivity contribution in [3.05, 3.63) is 17.7 Å². The Morgan fingerprint density at radius 3 is 2.63 bits per heavy atom. The largest absolute Gasteiger partial charge is 0.471 e. The minimum absolute atomic E-state index is 0.00946. The molecule has 1 aliphatic heterocycles. The molecule has 0 aliphatic carbocycles. The van der Waals surface area contributed by atoms with Crippen LogP contribution < -0.4 is 5.73 Å². The highest BCUT2D eigenvalue weighted by Crippen LogP contribution is 2.31. The first kappa shape index (κ1) is 13.9. The highest BCUT2D eigenvalue weighted by atomic mass is 19.4. The van der Waals surface area contributed by atoms with Gasteiger partial charge in [-0.3, -0.25) is 4.79 Å². The number of alkyl halides is 3. The van der Waals surface area contributed by atoms with E-state index in [0.29, 0.717) is 5.69 Å². The molecule has 1 saturated heterocycles. The van der Waals surface area contributed by atoms with Crippen molar-refractivity contribution in [2.45, 2.75) is 25.1 Å². The van der Waals surface area contributed by atoms with Crippen molar-refractivity contribution in [1.29, 1.82) is 0 Å². The number of hydrogen-bond donors (Lipinski definition) is 1. The molecule has 0 aromatic carbocycles. The third-order valence-electron chi connectivity index (χ3n) is 3.45. The predicted molar refractivity (Wildman–Crippen MR) is 61.1 cm³/mol. The number of nitrogens with two attached hydrogens (primary N) is 1. The zero-order valence-electron chi connectivity index (χ0n) is 10.7. The van der Waals surface area contributed by atoms with Gasteiger partial charge in [0.1, 0.15) is 5.82 Å². The molecule has 19 heavy (non-hydrogen) atoms. The Morgan fingerprint density at radius 2 is 2.16 bits per heavy atom. The van der Waals surface area contributed by atoms with Crippen molar-refractivity contribution < 1.29 is 18.0 Å². The van der Waals surface area contributed by atoms with Gasteiger partial charge in [-0.15, -0.1) is 0 Å². The number of aryl methyl sites for hydroxylation is 2. The number of carbonyl (C=O) groups excluding carboxylic acids is 1. The summed E-state index contributed by atoms with van der Waals surface area (Å²) in [5.41, 5.74) is 5.61. The number of halogens is 3. The van der Waals surface area contributed by atoms with Gasteiger partial charge in [-0.1, -0.05) is 0 Å². The molecule has 0 saturated carbocycles. The second-order valence-corrected chi connectivity index (χ2v) is 4.91. The van der Waals surface area contributed by atoms with Gasteiger partial charge in [-0.25, -0.2) is 4.98 Å². The molecule has 1 unspecified atom stereocenters. The van der Waals surface area contributed by atoms with Gasteiger partial charge in [0.2, 0.25) is 0 Å². The van der Waals surface area contributed by atoms with Crippen LogP contribution in [0, 0.1) is 6.92 Å². The van der Waals surface area contributed by atoms with Crippen molar-refractivity contribution in [3.63, 3.8) is 0 Å². The molecule has 1 amide bonds. The van der Waals surface area contributed by atoms with E-state index >= 15 is 0 Å². The molecule has 1 aromatic heterocycles. The van der Waals surface area contributed by atoms with E-state index in [1.165, 1.54) is 0 Å². The van der Waals surface area contributed by atoms with E-state index in [0.717, 1.165) is 10.7 Å². The van der Waals surface area contributed by atoms with Crippen LogP contribution in [-0.2, 0) is 17.4 Å². The summed E-state index contributed by atoms with van der Waals surface area (Å²) in [5, 5.41) is 0. The first-order valence-electron chi connectivity index (χ1n) is 5.79. The number of carbonyl (C=O) groups is 1. The molecule has 2 rings (SSSR count). The maximum Gasteiger partial charge on any atom is 0.471 e. The van der Waals surface area contributed by atoms with E-state index in [4.69, 9.17) is 5.73 Å². The number of nitrogens with zero attached hydrogens (tertiary/aromatic N) is 3. The first-order valence-corrected chi connectivity index (χ1v) is 5.79. The summed E-state index contributed by atoms with van der Waals surface area (Å²) >= 11 is 0. The van der Waals surface area contributed by atoms with Gasteiger partial charge >= 0.3 is 12.1 Å². The molecule has 1 fully saturated rings. The lowest BCUT2D eigenvalue weighted by molar-refractivity contribution is -0.184. The summed E-state index contributed by atoms with van der Waals surface area (Å²) in [5.74, 6) is -1.12. The summed E-state index contributed by atoms with van der Waals surface area (Å²) in [6.45, 7) is 1.60. The van der Waals surface area contributed by atoms with E-state index in [2.05, 4.69) is 4.98 Å². The predicted octanol–water partition coefficient (Wildman–Crippen LogP) is 0.677. The molecule has 1 aliphatic rings. The minimum atomic E-state index is -4.86. The van der Waals surface area contributed by atoms with Crippen LogP contribution in [0.4, 0.5) is 13.2 Å². The molecular weight excluding hydrogens is 261 g/mol. The van der Waals surface area contributed by atoms with Crippen molar-refractivity contribution >= 4 is 5.91 Å². The van der Waals surface area contributed by atoms with Crippen molar-refractivity contribution in [2.75, 3.05) is 13.1 Å². The van der Waals surface area contributed by atoms with Gasteiger partial charge < -0.3 is 15.2 Å². The topological polar surface area (TPSA) is 64.2 Å². The summed E-state index contributed by atoms with van der Waals surface area (Å²) in [6, 6.07) is 0. The molecule has 1 aromatic rings. The van der Waals surface area contributed by atoms with Crippen LogP contribution in [-0.4, -0.2) is 39.6 Å². The van der Waals surface area contributed by atoms with Crippen LogP contribution in [0.5, 0.6) is 0 Å². The van der Waals surface area contributed by atoms with Crippen LogP contribution >= 0.6 is 0 Å². The summed E-state index contributed by atoms with van der Waals surface area (Å²) in [4.78, 5) is 16.2. The third kappa shape index (κ3) is 2.44. The molecule has 0 spiro atoms. The molecular formula is C11H15F3N4O. The Balaban J connectivity index is 2.19. The maximum absolute atomic E-state index is 12.4. The fraction of sp³-hybridized carbons (Fsp3) is 0.636. The lowest BCUT2D eigenvalue weighted by Gasteiger charge is -2.23. The van der Waals surface area contributed by atoms with Gasteiger partial charge in [-0.2, -0.15) is 13.2 Å². The Bertz CT molecular complexity index is 491. The molecule has 0 radical (unpaired) electrons. The Labute approximate surface area is 108 Å². The van der Waals surface area contributed by atoms with Gasteiger partial charge in [-0.05, 0) is 13.3 Å². The van der Waals surface area contributed by atoms with Crippen molar-refractivity contribution in [3.8, 4) is 0 Å². The van der Waals surface area contributed by atoms with Crippen LogP contribution in [0.3, 0.4) is 0 Å².